The molecule has 25 heavy (non-hydrogen) atoms. The molecule has 3 aromatic carbocycles. The maximum Gasteiger partial charge on any atom is 0.0683 e. The minimum atomic E-state index is 0.763. The van der Waals surface area contributed by atoms with Crippen molar-refractivity contribution in [2.24, 2.45) is 0 Å². The molecule has 0 radical (unpaired) electrons. The van der Waals surface area contributed by atoms with E-state index in [1.807, 2.05) is 18.2 Å². The number of nitrogens with one attached hydrogen (secondary N) is 1. The van der Waals surface area contributed by atoms with E-state index >= 15 is 0 Å². The van der Waals surface area contributed by atoms with Crippen LogP contribution in [-0.2, 0) is 6.42 Å². The number of rotatable bonds is 7. The highest BCUT2D eigenvalue weighted by Gasteiger charge is 2.11. The minimum Gasteiger partial charge on any atom is -0.291 e. The van der Waals surface area contributed by atoms with E-state index in [9.17, 15) is 5.21 Å². The maximum atomic E-state index is 9.61. The lowest BCUT2D eigenvalue weighted by Gasteiger charge is -2.15. The molecular formula is C23H25NO. The molecule has 0 saturated carbocycles. The first-order chi connectivity index (χ1) is 12.3. The van der Waals surface area contributed by atoms with Gasteiger partial charge in [0.1, 0.15) is 0 Å². The van der Waals surface area contributed by atoms with Crippen LogP contribution in [0.2, 0.25) is 0 Å². The van der Waals surface area contributed by atoms with E-state index in [0.717, 1.165) is 29.7 Å². The molecule has 0 atom stereocenters. The van der Waals surface area contributed by atoms with Crippen LogP contribution in [0, 0.1) is 0 Å². The third kappa shape index (κ3) is 4.09. The highest BCUT2D eigenvalue weighted by Crippen LogP contribution is 2.34. The predicted molar refractivity (Wildman–Crippen MR) is 106 cm³/mol. The van der Waals surface area contributed by atoms with Crippen LogP contribution >= 0.6 is 0 Å². The molecule has 0 aliphatic heterocycles. The smallest absolute Gasteiger partial charge is 0.0683 e. The number of anilines is 1. The van der Waals surface area contributed by atoms with Crippen molar-refractivity contribution in [3.05, 3.63) is 78.4 Å². The molecule has 2 heteroatoms. The summed E-state index contributed by atoms with van der Waals surface area (Å²) in [6.45, 7) is 2.22. The molecule has 0 aromatic heterocycles. The third-order valence-electron chi connectivity index (χ3n) is 4.58. The third-order valence-corrected chi connectivity index (χ3v) is 4.58. The SMILES string of the molecule is CCCCCc1cccc(NO)c1-c1cccc(-c2ccccc2)c1. The molecule has 2 nitrogen and oxygen atoms in total. The lowest BCUT2D eigenvalue weighted by Crippen LogP contribution is -1.98. The topological polar surface area (TPSA) is 32.3 Å². The normalized spacial score (nSPS) is 10.6. The van der Waals surface area contributed by atoms with Gasteiger partial charge in [-0.05, 0) is 47.2 Å². The highest BCUT2D eigenvalue weighted by molar-refractivity contribution is 5.83. The van der Waals surface area contributed by atoms with Crippen molar-refractivity contribution in [1.29, 1.82) is 0 Å². The molecule has 3 rings (SSSR count). The molecule has 0 amide bonds. The van der Waals surface area contributed by atoms with Gasteiger partial charge in [-0.3, -0.25) is 10.7 Å². The van der Waals surface area contributed by atoms with Gasteiger partial charge in [-0.15, -0.1) is 0 Å². The molecule has 0 aliphatic rings. The Morgan fingerprint density at radius 1 is 0.760 bits per heavy atom. The summed E-state index contributed by atoms with van der Waals surface area (Å²) in [6.07, 6.45) is 4.61. The Kier molecular flexibility index (Phi) is 5.86. The van der Waals surface area contributed by atoms with E-state index < -0.39 is 0 Å². The van der Waals surface area contributed by atoms with E-state index in [1.54, 1.807) is 0 Å². The second-order valence-corrected chi connectivity index (χ2v) is 6.36. The molecule has 3 aromatic rings. The summed E-state index contributed by atoms with van der Waals surface area (Å²) in [4.78, 5) is 0. The fraction of sp³-hybridized carbons (Fsp3) is 0.217. The largest absolute Gasteiger partial charge is 0.291 e. The zero-order valence-corrected chi connectivity index (χ0v) is 14.7. The maximum absolute atomic E-state index is 9.61. The van der Waals surface area contributed by atoms with Gasteiger partial charge in [0.25, 0.3) is 0 Å². The second-order valence-electron chi connectivity index (χ2n) is 6.36. The summed E-state index contributed by atoms with van der Waals surface area (Å²) in [5, 5.41) is 9.61. The van der Waals surface area contributed by atoms with E-state index in [0.29, 0.717) is 0 Å². The van der Waals surface area contributed by atoms with Crippen molar-refractivity contribution < 1.29 is 5.21 Å². The quantitative estimate of drug-likeness (QED) is 0.380. The van der Waals surface area contributed by atoms with Crippen LogP contribution in [0.1, 0.15) is 31.7 Å². The summed E-state index contributed by atoms with van der Waals surface area (Å²) >= 11 is 0. The van der Waals surface area contributed by atoms with Gasteiger partial charge in [-0.1, -0.05) is 80.4 Å². The summed E-state index contributed by atoms with van der Waals surface area (Å²) in [5.41, 5.74) is 9.03. The van der Waals surface area contributed by atoms with E-state index in [1.165, 1.54) is 29.5 Å². The predicted octanol–water partition coefficient (Wildman–Crippen LogP) is 6.55. The van der Waals surface area contributed by atoms with Crippen LogP contribution in [0.15, 0.2) is 72.8 Å². The van der Waals surface area contributed by atoms with Gasteiger partial charge < -0.3 is 0 Å². The van der Waals surface area contributed by atoms with Crippen LogP contribution in [-0.4, -0.2) is 5.21 Å². The number of aryl methyl sites for hydroxylation is 1. The molecule has 0 fully saturated rings. The van der Waals surface area contributed by atoms with Gasteiger partial charge >= 0.3 is 0 Å². The van der Waals surface area contributed by atoms with Crippen LogP contribution in [0.5, 0.6) is 0 Å². The van der Waals surface area contributed by atoms with Crippen LogP contribution < -0.4 is 5.48 Å². The molecule has 0 bridgehead atoms. The zero-order valence-electron chi connectivity index (χ0n) is 14.7. The molecule has 0 aliphatic carbocycles. The summed E-state index contributed by atoms with van der Waals surface area (Å²) < 4.78 is 0. The van der Waals surface area contributed by atoms with Crippen LogP contribution in [0.3, 0.4) is 0 Å². The first kappa shape index (κ1) is 17.2. The monoisotopic (exact) mass is 331 g/mol. The Morgan fingerprint density at radius 2 is 1.48 bits per heavy atom. The Hall–Kier alpha value is -2.58. The van der Waals surface area contributed by atoms with E-state index in [-0.39, 0.29) is 0 Å². The van der Waals surface area contributed by atoms with Crippen LogP contribution in [0.4, 0.5) is 5.69 Å². The number of benzene rings is 3. The van der Waals surface area contributed by atoms with Gasteiger partial charge in [0, 0.05) is 5.56 Å². The fourth-order valence-corrected chi connectivity index (χ4v) is 3.29. The summed E-state index contributed by atoms with van der Waals surface area (Å²) in [6, 6.07) is 25.0. The van der Waals surface area contributed by atoms with Crippen molar-refractivity contribution in [1.82, 2.24) is 0 Å². The van der Waals surface area contributed by atoms with Gasteiger partial charge in [0.2, 0.25) is 0 Å². The molecule has 0 spiro atoms. The lowest BCUT2D eigenvalue weighted by molar-refractivity contribution is 0.389. The Balaban J connectivity index is 2.03. The standard InChI is InChI=1S/C23H25NO/c1-2-3-5-12-19-13-9-16-22(24-25)23(19)21-15-8-14-20(17-21)18-10-6-4-7-11-18/h4,6-11,13-17,24-25H,2-3,5,12H2,1H3. The molecule has 2 N–H and O–H groups in total. The zero-order chi connectivity index (χ0) is 17.5. The summed E-state index contributed by atoms with van der Waals surface area (Å²) in [7, 11) is 0. The average molecular weight is 331 g/mol. The van der Waals surface area contributed by atoms with Crippen molar-refractivity contribution in [3.63, 3.8) is 0 Å². The van der Waals surface area contributed by atoms with Crippen molar-refractivity contribution in [2.75, 3.05) is 5.48 Å². The Labute approximate surface area is 150 Å². The van der Waals surface area contributed by atoms with Gasteiger partial charge in [0.05, 0.1) is 5.69 Å². The van der Waals surface area contributed by atoms with E-state index in [2.05, 4.69) is 67.0 Å². The highest BCUT2D eigenvalue weighted by atomic mass is 16.5. The minimum absolute atomic E-state index is 0.763. The molecule has 0 heterocycles. The second kappa shape index (κ2) is 8.50. The first-order valence-corrected chi connectivity index (χ1v) is 9.01. The number of hydrogen-bond donors (Lipinski definition) is 2. The molecular weight excluding hydrogens is 306 g/mol. The van der Waals surface area contributed by atoms with Gasteiger partial charge in [-0.25, -0.2) is 0 Å². The van der Waals surface area contributed by atoms with Crippen molar-refractivity contribution in [3.8, 4) is 22.3 Å². The van der Waals surface area contributed by atoms with E-state index in [4.69, 9.17) is 0 Å². The lowest BCUT2D eigenvalue weighted by atomic mass is 9.92. The number of hydrogen-bond acceptors (Lipinski definition) is 2. The number of unbranched alkanes of at least 4 members (excludes halogenated alkanes) is 2. The van der Waals surface area contributed by atoms with Crippen molar-refractivity contribution in [2.45, 2.75) is 32.6 Å². The van der Waals surface area contributed by atoms with Gasteiger partial charge in [0.15, 0.2) is 0 Å². The Bertz CT molecular complexity index is 811. The molecule has 0 unspecified atom stereocenters. The first-order valence-electron chi connectivity index (χ1n) is 9.01. The van der Waals surface area contributed by atoms with Gasteiger partial charge in [-0.2, -0.15) is 0 Å². The fourth-order valence-electron chi connectivity index (χ4n) is 3.29. The average Bonchev–Trinajstić information content (AvgIpc) is 2.68. The molecule has 0 saturated heterocycles. The Morgan fingerprint density at radius 3 is 2.24 bits per heavy atom. The van der Waals surface area contributed by atoms with Crippen LogP contribution in [0.25, 0.3) is 22.3 Å². The molecule has 128 valence electrons. The van der Waals surface area contributed by atoms with Crippen molar-refractivity contribution >= 4 is 5.69 Å². The summed E-state index contributed by atoms with van der Waals surface area (Å²) in [5.74, 6) is 0.